The van der Waals surface area contributed by atoms with Crippen molar-refractivity contribution < 1.29 is 9.90 Å². The van der Waals surface area contributed by atoms with Crippen molar-refractivity contribution in [1.29, 1.82) is 0 Å². The molecular formula is C20H31N3O2. The van der Waals surface area contributed by atoms with Crippen molar-refractivity contribution in [2.75, 3.05) is 26.2 Å². The number of carbonyl (C=O) groups excluding carboxylic acids is 1. The lowest BCUT2D eigenvalue weighted by molar-refractivity contribution is 0.185. The van der Waals surface area contributed by atoms with Crippen LogP contribution in [0.4, 0.5) is 4.79 Å². The molecule has 0 unspecified atom stereocenters. The average molecular weight is 345 g/mol. The van der Waals surface area contributed by atoms with E-state index in [2.05, 4.69) is 46.7 Å². The van der Waals surface area contributed by atoms with E-state index in [1.807, 2.05) is 0 Å². The third kappa shape index (κ3) is 5.44. The van der Waals surface area contributed by atoms with Crippen LogP contribution in [0.5, 0.6) is 0 Å². The van der Waals surface area contributed by atoms with E-state index in [0.29, 0.717) is 13.1 Å². The highest BCUT2D eigenvalue weighted by atomic mass is 16.3. The Morgan fingerprint density at radius 1 is 1.24 bits per heavy atom. The van der Waals surface area contributed by atoms with Crippen molar-refractivity contribution >= 4 is 6.03 Å². The number of rotatable bonds is 7. The zero-order valence-corrected chi connectivity index (χ0v) is 15.3. The number of piperidine rings is 1. The van der Waals surface area contributed by atoms with Crippen molar-refractivity contribution in [1.82, 2.24) is 15.5 Å². The summed E-state index contributed by atoms with van der Waals surface area (Å²) in [6.07, 6.45) is 4.58. The molecule has 1 aliphatic heterocycles. The molecule has 3 rings (SSSR count). The number of amides is 2. The Kier molecular flexibility index (Phi) is 5.97. The maximum absolute atomic E-state index is 11.9. The molecular weight excluding hydrogens is 314 g/mol. The van der Waals surface area contributed by atoms with Crippen LogP contribution in [-0.2, 0) is 13.1 Å². The Morgan fingerprint density at radius 3 is 2.64 bits per heavy atom. The van der Waals surface area contributed by atoms with Gasteiger partial charge in [0.15, 0.2) is 0 Å². The summed E-state index contributed by atoms with van der Waals surface area (Å²) in [5.74, 6) is 0.853. The van der Waals surface area contributed by atoms with Gasteiger partial charge in [-0.3, -0.25) is 4.90 Å². The molecule has 0 radical (unpaired) electrons. The van der Waals surface area contributed by atoms with E-state index in [1.165, 1.54) is 31.5 Å². The molecule has 0 aromatic heterocycles. The first-order valence-electron chi connectivity index (χ1n) is 9.51. The average Bonchev–Trinajstić information content (AvgIpc) is 3.41. The van der Waals surface area contributed by atoms with Gasteiger partial charge < -0.3 is 15.7 Å². The van der Waals surface area contributed by atoms with Gasteiger partial charge in [0.1, 0.15) is 0 Å². The third-order valence-corrected chi connectivity index (χ3v) is 5.64. The molecule has 1 heterocycles. The number of likely N-dealkylation sites (tertiary alicyclic amines) is 1. The highest BCUT2D eigenvalue weighted by molar-refractivity contribution is 5.73. The van der Waals surface area contributed by atoms with E-state index >= 15 is 0 Å². The molecule has 0 atom stereocenters. The molecule has 2 amide bonds. The van der Waals surface area contributed by atoms with Crippen molar-refractivity contribution in [2.45, 2.75) is 45.7 Å². The normalized spacial score (nSPS) is 20.2. The summed E-state index contributed by atoms with van der Waals surface area (Å²) in [5, 5.41) is 15.1. The van der Waals surface area contributed by atoms with Crippen molar-refractivity contribution in [3.05, 3.63) is 35.4 Å². The number of carbonyl (C=O) groups is 1. The lowest BCUT2D eigenvalue weighted by atomic mass is 9.98. The predicted molar refractivity (Wildman–Crippen MR) is 99.1 cm³/mol. The molecule has 2 aliphatic rings. The number of aliphatic hydroxyl groups excluding tert-OH is 1. The minimum Gasteiger partial charge on any atom is -0.396 e. The van der Waals surface area contributed by atoms with Crippen molar-refractivity contribution in [3.8, 4) is 0 Å². The largest absolute Gasteiger partial charge is 0.396 e. The van der Waals surface area contributed by atoms with Gasteiger partial charge in [0.25, 0.3) is 0 Å². The Morgan fingerprint density at radius 2 is 1.96 bits per heavy atom. The van der Waals surface area contributed by atoms with Crippen LogP contribution in [0.2, 0.25) is 0 Å². The summed E-state index contributed by atoms with van der Waals surface area (Å²) in [5.41, 5.74) is 2.39. The molecule has 2 fully saturated rings. The molecule has 1 aliphatic carbocycles. The number of nitrogens with zero attached hydrogens (tertiary/aromatic N) is 1. The smallest absolute Gasteiger partial charge is 0.315 e. The molecule has 5 nitrogen and oxygen atoms in total. The number of urea groups is 1. The molecule has 1 saturated heterocycles. The molecule has 1 aromatic carbocycles. The van der Waals surface area contributed by atoms with Crippen LogP contribution in [0.25, 0.3) is 0 Å². The molecule has 25 heavy (non-hydrogen) atoms. The van der Waals surface area contributed by atoms with Gasteiger partial charge in [0.2, 0.25) is 0 Å². The van der Waals surface area contributed by atoms with Crippen LogP contribution in [0.1, 0.15) is 43.7 Å². The van der Waals surface area contributed by atoms with E-state index in [0.717, 1.165) is 30.9 Å². The van der Waals surface area contributed by atoms with Gasteiger partial charge in [-0.15, -0.1) is 0 Å². The first-order valence-corrected chi connectivity index (χ1v) is 9.51. The molecule has 0 spiro atoms. The second-order valence-corrected chi connectivity index (χ2v) is 7.97. The van der Waals surface area contributed by atoms with E-state index in [1.54, 1.807) is 0 Å². The van der Waals surface area contributed by atoms with Crippen LogP contribution in [0.3, 0.4) is 0 Å². The zero-order valence-electron chi connectivity index (χ0n) is 15.3. The maximum atomic E-state index is 11.9. The molecule has 138 valence electrons. The molecule has 1 aromatic rings. The second-order valence-electron chi connectivity index (χ2n) is 7.97. The topological polar surface area (TPSA) is 64.6 Å². The molecule has 1 saturated carbocycles. The standard InChI is InChI=1S/C20H31N3O2/c1-16-5-9-23(10-6-16)13-18-4-2-3-17(11-18)12-21-19(25)22-14-20(15-24)7-8-20/h2-4,11,16,24H,5-10,12-15H2,1H3,(H2,21,22,25). The highest BCUT2D eigenvalue weighted by Crippen LogP contribution is 2.44. The summed E-state index contributed by atoms with van der Waals surface area (Å²) in [4.78, 5) is 14.4. The Labute approximate surface area is 150 Å². The number of aliphatic hydroxyl groups is 1. The van der Waals surface area contributed by atoms with Crippen LogP contribution >= 0.6 is 0 Å². The van der Waals surface area contributed by atoms with Gasteiger partial charge in [-0.25, -0.2) is 4.79 Å². The van der Waals surface area contributed by atoms with Crippen LogP contribution in [0, 0.1) is 11.3 Å². The van der Waals surface area contributed by atoms with Crippen molar-refractivity contribution in [3.63, 3.8) is 0 Å². The van der Waals surface area contributed by atoms with Crippen LogP contribution in [-0.4, -0.2) is 42.3 Å². The van der Waals surface area contributed by atoms with Gasteiger partial charge in [-0.2, -0.15) is 0 Å². The first-order chi connectivity index (χ1) is 12.1. The SMILES string of the molecule is CC1CCN(Cc2cccc(CNC(=O)NCC3(CO)CC3)c2)CC1. The number of nitrogens with one attached hydrogen (secondary N) is 2. The monoisotopic (exact) mass is 345 g/mol. The fourth-order valence-electron chi connectivity index (χ4n) is 3.40. The summed E-state index contributed by atoms with van der Waals surface area (Å²) < 4.78 is 0. The summed E-state index contributed by atoms with van der Waals surface area (Å²) >= 11 is 0. The quantitative estimate of drug-likeness (QED) is 0.711. The van der Waals surface area contributed by atoms with Gasteiger partial charge in [-0.1, -0.05) is 31.2 Å². The highest BCUT2D eigenvalue weighted by Gasteiger charge is 2.42. The predicted octanol–water partition coefficient (Wildman–Crippen LogP) is 2.49. The minimum absolute atomic E-state index is 0.0524. The van der Waals surface area contributed by atoms with Gasteiger partial charge >= 0.3 is 6.03 Å². The van der Waals surface area contributed by atoms with E-state index in [9.17, 15) is 9.90 Å². The summed E-state index contributed by atoms with van der Waals surface area (Å²) in [6, 6.07) is 8.32. The fourth-order valence-corrected chi connectivity index (χ4v) is 3.40. The molecule has 3 N–H and O–H groups in total. The van der Waals surface area contributed by atoms with Crippen LogP contribution < -0.4 is 10.6 Å². The molecule has 5 heteroatoms. The fraction of sp³-hybridized carbons (Fsp3) is 0.650. The minimum atomic E-state index is -0.157. The van der Waals surface area contributed by atoms with Gasteiger partial charge in [0.05, 0.1) is 6.61 Å². The van der Waals surface area contributed by atoms with Gasteiger partial charge in [0, 0.05) is 25.0 Å². The first kappa shape index (κ1) is 18.2. The lowest BCUT2D eigenvalue weighted by Gasteiger charge is -2.30. The maximum Gasteiger partial charge on any atom is 0.315 e. The third-order valence-electron chi connectivity index (χ3n) is 5.64. The Balaban J connectivity index is 1.42. The lowest BCUT2D eigenvalue weighted by Crippen LogP contribution is -2.39. The Hall–Kier alpha value is -1.59. The second kappa shape index (κ2) is 8.19. The van der Waals surface area contributed by atoms with Gasteiger partial charge in [-0.05, 0) is 55.8 Å². The number of hydrogen-bond donors (Lipinski definition) is 3. The zero-order chi connectivity index (χ0) is 17.7. The molecule has 0 bridgehead atoms. The van der Waals surface area contributed by atoms with E-state index in [-0.39, 0.29) is 18.1 Å². The summed E-state index contributed by atoms with van der Waals surface area (Å²) in [6.45, 7) is 6.93. The van der Waals surface area contributed by atoms with Crippen molar-refractivity contribution in [2.24, 2.45) is 11.3 Å². The Bertz CT molecular complexity index is 578. The number of hydrogen-bond acceptors (Lipinski definition) is 3. The van der Waals surface area contributed by atoms with E-state index < -0.39 is 0 Å². The van der Waals surface area contributed by atoms with E-state index in [4.69, 9.17) is 0 Å². The summed E-state index contributed by atoms with van der Waals surface area (Å²) in [7, 11) is 0. The number of benzene rings is 1. The van der Waals surface area contributed by atoms with Crippen LogP contribution in [0.15, 0.2) is 24.3 Å².